The van der Waals surface area contributed by atoms with E-state index in [-0.39, 0.29) is 24.4 Å². The van der Waals surface area contributed by atoms with Gasteiger partial charge in [-0.25, -0.2) is 0 Å². The summed E-state index contributed by atoms with van der Waals surface area (Å²) in [6.45, 7) is 4.92. The van der Waals surface area contributed by atoms with Crippen LogP contribution in [-0.2, 0) is 14.3 Å². The normalized spacial score (nSPS) is 21.9. The zero-order chi connectivity index (χ0) is 21.3. The Hall–Kier alpha value is -2.24. The molecule has 30 heavy (non-hydrogen) atoms. The van der Waals surface area contributed by atoms with E-state index in [1.165, 1.54) is 19.3 Å². The Morgan fingerprint density at radius 1 is 1.00 bits per heavy atom. The van der Waals surface area contributed by atoms with Gasteiger partial charge in [-0.1, -0.05) is 26.2 Å². The highest BCUT2D eigenvalue weighted by Crippen LogP contribution is 2.32. The Kier molecular flexibility index (Phi) is 8.40. The number of carbonyl (C=O) groups excluding carboxylic acids is 2. The Morgan fingerprint density at radius 2 is 1.67 bits per heavy atom. The monoisotopic (exact) mass is 416 g/mol. The lowest BCUT2D eigenvalue weighted by molar-refractivity contribution is -0.156. The van der Waals surface area contributed by atoms with Crippen molar-refractivity contribution >= 4 is 17.6 Å². The Labute approximate surface area is 180 Å². The van der Waals surface area contributed by atoms with Crippen LogP contribution in [0.15, 0.2) is 24.3 Å². The number of ether oxygens (including phenoxy) is 2. The van der Waals surface area contributed by atoms with Crippen LogP contribution in [0.4, 0.5) is 5.69 Å². The van der Waals surface area contributed by atoms with Crippen molar-refractivity contribution in [2.24, 2.45) is 11.8 Å². The van der Waals surface area contributed by atoms with Crippen molar-refractivity contribution in [1.29, 1.82) is 0 Å². The zero-order valence-electron chi connectivity index (χ0n) is 18.5. The first kappa shape index (κ1) is 22.4. The molecular weight excluding hydrogens is 380 g/mol. The molecule has 1 heterocycles. The first-order valence-corrected chi connectivity index (χ1v) is 11.4. The third kappa shape index (κ3) is 6.13. The maximum Gasteiger partial charge on any atom is 0.309 e. The minimum atomic E-state index is -0.186. The lowest BCUT2D eigenvalue weighted by Crippen LogP contribution is -2.50. The average Bonchev–Trinajstić information content (AvgIpc) is 2.81. The molecule has 0 aromatic heterocycles. The molecule has 1 aromatic rings. The van der Waals surface area contributed by atoms with Gasteiger partial charge in [0.15, 0.2) is 6.61 Å². The summed E-state index contributed by atoms with van der Waals surface area (Å²) >= 11 is 0. The van der Waals surface area contributed by atoms with Crippen molar-refractivity contribution in [2.45, 2.75) is 51.9 Å². The zero-order valence-corrected chi connectivity index (χ0v) is 18.5. The van der Waals surface area contributed by atoms with Gasteiger partial charge in [0.1, 0.15) is 5.75 Å². The number of amides is 1. The molecule has 1 saturated heterocycles. The number of unbranched alkanes of at least 4 members (excludes halogenated alkanes) is 1. The molecule has 6 heteroatoms. The van der Waals surface area contributed by atoms with Crippen LogP contribution in [0.2, 0.25) is 0 Å². The molecule has 1 amide bonds. The molecule has 2 aliphatic rings. The van der Waals surface area contributed by atoms with E-state index in [2.05, 4.69) is 11.8 Å². The van der Waals surface area contributed by atoms with E-state index in [0.29, 0.717) is 13.1 Å². The first-order valence-electron chi connectivity index (χ1n) is 11.4. The minimum Gasteiger partial charge on any atom is -0.497 e. The molecule has 0 atom stereocenters. The van der Waals surface area contributed by atoms with Crippen LogP contribution in [0.5, 0.6) is 5.75 Å². The largest absolute Gasteiger partial charge is 0.497 e. The number of anilines is 1. The number of hydrogen-bond acceptors (Lipinski definition) is 5. The Balaban J connectivity index is 1.36. The lowest BCUT2D eigenvalue weighted by atomic mass is 9.80. The van der Waals surface area contributed by atoms with Crippen molar-refractivity contribution in [1.82, 2.24) is 4.90 Å². The standard InChI is InChI=1S/C24H36N2O4/c1-3-4-5-19-6-8-20(9-7-19)24(28)30-18-23(27)26-16-14-25(15-17-26)21-10-12-22(29-2)13-11-21/h10-13,19-20H,3-9,14-18H2,1-2H3. The van der Waals surface area contributed by atoms with Gasteiger partial charge in [0.05, 0.1) is 13.0 Å². The van der Waals surface area contributed by atoms with Crippen molar-refractivity contribution in [3.05, 3.63) is 24.3 Å². The molecule has 0 unspecified atom stereocenters. The fraction of sp³-hybridized carbons (Fsp3) is 0.667. The molecule has 0 spiro atoms. The Morgan fingerprint density at radius 3 is 2.27 bits per heavy atom. The molecule has 3 rings (SSSR count). The van der Waals surface area contributed by atoms with Gasteiger partial charge in [-0.3, -0.25) is 9.59 Å². The minimum absolute atomic E-state index is 0.0254. The van der Waals surface area contributed by atoms with Crippen molar-refractivity contribution in [3.63, 3.8) is 0 Å². The van der Waals surface area contributed by atoms with Gasteiger partial charge in [0.25, 0.3) is 5.91 Å². The fourth-order valence-electron chi connectivity index (χ4n) is 4.53. The van der Waals surface area contributed by atoms with Gasteiger partial charge in [0, 0.05) is 31.9 Å². The number of nitrogens with zero attached hydrogens (tertiary/aromatic N) is 2. The summed E-state index contributed by atoms with van der Waals surface area (Å²) in [5.74, 6) is 1.30. The molecule has 1 aromatic carbocycles. The lowest BCUT2D eigenvalue weighted by Gasteiger charge is -2.36. The smallest absolute Gasteiger partial charge is 0.309 e. The van der Waals surface area contributed by atoms with Crippen molar-refractivity contribution < 1.29 is 19.1 Å². The summed E-state index contributed by atoms with van der Waals surface area (Å²) in [6.07, 6.45) is 7.82. The maximum absolute atomic E-state index is 12.5. The van der Waals surface area contributed by atoms with Crippen LogP contribution in [-0.4, -0.2) is 56.7 Å². The summed E-state index contributed by atoms with van der Waals surface area (Å²) in [6, 6.07) is 7.97. The molecular formula is C24H36N2O4. The second kappa shape index (κ2) is 11.2. The van der Waals surface area contributed by atoms with Gasteiger partial charge >= 0.3 is 5.97 Å². The quantitative estimate of drug-likeness (QED) is 0.602. The summed E-state index contributed by atoms with van der Waals surface area (Å²) in [5.41, 5.74) is 1.13. The average molecular weight is 417 g/mol. The predicted molar refractivity (Wildman–Crippen MR) is 118 cm³/mol. The molecule has 166 valence electrons. The first-order chi connectivity index (χ1) is 14.6. The second-order valence-corrected chi connectivity index (χ2v) is 8.53. The van der Waals surface area contributed by atoms with Crippen LogP contribution in [0.25, 0.3) is 0 Å². The second-order valence-electron chi connectivity index (χ2n) is 8.53. The molecule has 1 aliphatic heterocycles. The highest BCUT2D eigenvalue weighted by Gasteiger charge is 2.28. The number of hydrogen-bond donors (Lipinski definition) is 0. The molecule has 1 saturated carbocycles. The number of carbonyl (C=O) groups is 2. The van der Waals surface area contributed by atoms with Crippen molar-refractivity contribution in [2.75, 3.05) is 44.8 Å². The third-order valence-electron chi connectivity index (χ3n) is 6.55. The van der Waals surface area contributed by atoms with E-state index < -0.39 is 0 Å². The Bertz CT molecular complexity index is 675. The van der Waals surface area contributed by atoms with Gasteiger partial charge in [0.2, 0.25) is 0 Å². The highest BCUT2D eigenvalue weighted by atomic mass is 16.5. The molecule has 1 aliphatic carbocycles. The van der Waals surface area contributed by atoms with E-state index in [1.807, 2.05) is 24.3 Å². The van der Waals surface area contributed by atoms with Crippen LogP contribution in [0, 0.1) is 11.8 Å². The van der Waals surface area contributed by atoms with Gasteiger partial charge < -0.3 is 19.3 Å². The molecule has 0 N–H and O–H groups in total. The number of methoxy groups -OCH3 is 1. The molecule has 0 bridgehead atoms. The van der Waals surface area contributed by atoms with E-state index in [4.69, 9.17) is 9.47 Å². The molecule has 0 radical (unpaired) electrons. The van der Waals surface area contributed by atoms with Crippen molar-refractivity contribution in [3.8, 4) is 5.75 Å². The van der Waals surface area contributed by atoms with Gasteiger partial charge in [-0.15, -0.1) is 0 Å². The van der Waals surface area contributed by atoms with Gasteiger partial charge in [-0.2, -0.15) is 0 Å². The predicted octanol–water partition coefficient (Wildman–Crippen LogP) is 3.88. The van der Waals surface area contributed by atoms with Gasteiger partial charge in [-0.05, 0) is 55.9 Å². The fourth-order valence-corrected chi connectivity index (χ4v) is 4.53. The summed E-state index contributed by atoms with van der Waals surface area (Å²) in [4.78, 5) is 28.9. The van der Waals surface area contributed by atoms with Crippen LogP contribution in [0.3, 0.4) is 0 Å². The molecule has 2 fully saturated rings. The maximum atomic E-state index is 12.5. The summed E-state index contributed by atoms with van der Waals surface area (Å²) < 4.78 is 10.6. The SMILES string of the molecule is CCCCC1CCC(C(=O)OCC(=O)N2CCN(c3ccc(OC)cc3)CC2)CC1. The number of rotatable bonds is 8. The number of esters is 1. The van der Waals surface area contributed by atoms with Crippen LogP contribution >= 0.6 is 0 Å². The van der Waals surface area contributed by atoms with Crippen LogP contribution < -0.4 is 9.64 Å². The van der Waals surface area contributed by atoms with E-state index in [0.717, 1.165) is 56.1 Å². The molecule has 6 nitrogen and oxygen atoms in total. The van der Waals surface area contributed by atoms with E-state index in [1.54, 1.807) is 12.0 Å². The summed E-state index contributed by atoms with van der Waals surface area (Å²) in [5, 5.41) is 0. The topological polar surface area (TPSA) is 59.1 Å². The van der Waals surface area contributed by atoms with E-state index >= 15 is 0 Å². The number of piperazine rings is 1. The van der Waals surface area contributed by atoms with Crippen LogP contribution in [0.1, 0.15) is 51.9 Å². The third-order valence-corrected chi connectivity index (χ3v) is 6.55. The summed E-state index contributed by atoms with van der Waals surface area (Å²) in [7, 11) is 1.66. The number of benzene rings is 1. The van der Waals surface area contributed by atoms with E-state index in [9.17, 15) is 9.59 Å². The highest BCUT2D eigenvalue weighted by molar-refractivity contribution is 5.81.